The molecule has 0 bridgehead atoms. The Bertz CT molecular complexity index is 905. The van der Waals surface area contributed by atoms with Crippen LogP contribution in [-0.2, 0) is 0 Å². The van der Waals surface area contributed by atoms with Gasteiger partial charge in [-0.3, -0.25) is 9.55 Å². The maximum absolute atomic E-state index is 12.3. The fraction of sp³-hybridized carbons (Fsp3) is 0.353. The summed E-state index contributed by atoms with van der Waals surface area (Å²) >= 11 is 0. The molecule has 4 rings (SSSR count). The van der Waals surface area contributed by atoms with E-state index in [4.69, 9.17) is 0 Å². The van der Waals surface area contributed by atoms with Gasteiger partial charge in [-0.2, -0.15) is 0 Å². The molecule has 0 spiro atoms. The van der Waals surface area contributed by atoms with Crippen LogP contribution in [0.2, 0.25) is 0 Å². The summed E-state index contributed by atoms with van der Waals surface area (Å²) in [6.07, 6.45) is 9.78. The fourth-order valence-electron chi connectivity index (χ4n) is 3.35. The molecule has 0 unspecified atom stereocenters. The number of pyridine rings is 2. The van der Waals surface area contributed by atoms with Crippen molar-refractivity contribution in [1.82, 2.24) is 19.5 Å². The van der Waals surface area contributed by atoms with E-state index >= 15 is 0 Å². The van der Waals surface area contributed by atoms with Crippen LogP contribution < -0.4 is 11.0 Å². The number of imidazole rings is 1. The normalized spacial score (nSPS) is 15.3. The molecule has 6 heteroatoms. The molecule has 118 valence electrons. The molecule has 1 aliphatic carbocycles. The Labute approximate surface area is 133 Å². The molecule has 6 nitrogen and oxygen atoms in total. The first-order valence-corrected chi connectivity index (χ1v) is 8.00. The van der Waals surface area contributed by atoms with Gasteiger partial charge in [0.25, 0.3) is 0 Å². The number of H-pyrrole nitrogens is 1. The number of rotatable bonds is 3. The highest BCUT2D eigenvalue weighted by Gasteiger charge is 2.21. The van der Waals surface area contributed by atoms with Gasteiger partial charge in [0.15, 0.2) is 0 Å². The molecular weight excluding hydrogens is 290 g/mol. The summed E-state index contributed by atoms with van der Waals surface area (Å²) in [4.78, 5) is 23.7. The third-order valence-corrected chi connectivity index (χ3v) is 4.59. The van der Waals surface area contributed by atoms with Gasteiger partial charge in [0.2, 0.25) is 0 Å². The molecule has 0 aromatic carbocycles. The molecule has 0 amide bonds. The standard InChI is InChI=1S/C17H19N5O/c1-11-6-7-18-9-13(11)20-16-8-15-14(10-19-16)21-17(23)22(15)12-4-2-3-5-12/h6-10,12H,2-5H2,1H3,(H,19,20)(H,21,23). The van der Waals surface area contributed by atoms with Gasteiger partial charge in [-0.25, -0.2) is 9.78 Å². The zero-order valence-electron chi connectivity index (χ0n) is 13.0. The third-order valence-electron chi connectivity index (χ3n) is 4.59. The first-order valence-electron chi connectivity index (χ1n) is 8.00. The average molecular weight is 309 g/mol. The second kappa shape index (κ2) is 5.53. The first-order chi connectivity index (χ1) is 11.2. The molecule has 3 aromatic rings. The number of aromatic nitrogens is 4. The Kier molecular flexibility index (Phi) is 3.37. The van der Waals surface area contributed by atoms with Crippen LogP contribution in [0, 0.1) is 6.92 Å². The Balaban J connectivity index is 1.76. The van der Waals surface area contributed by atoms with E-state index in [0.29, 0.717) is 6.04 Å². The van der Waals surface area contributed by atoms with Crippen LogP contribution in [0.5, 0.6) is 0 Å². The second-order valence-corrected chi connectivity index (χ2v) is 6.14. The Morgan fingerprint density at radius 1 is 1.30 bits per heavy atom. The lowest BCUT2D eigenvalue weighted by atomic mass is 10.2. The molecule has 0 radical (unpaired) electrons. The predicted octanol–water partition coefficient (Wildman–Crippen LogP) is 3.29. The lowest BCUT2D eigenvalue weighted by Gasteiger charge is -2.12. The summed E-state index contributed by atoms with van der Waals surface area (Å²) in [5.74, 6) is 0.722. The number of fused-ring (bicyclic) bond motifs is 1. The topological polar surface area (TPSA) is 75.6 Å². The number of aryl methyl sites for hydroxylation is 1. The molecule has 0 saturated heterocycles. The molecule has 2 N–H and O–H groups in total. The largest absolute Gasteiger partial charge is 0.339 e. The third kappa shape index (κ3) is 2.50. The number of aromatic amines is 1. The summed E-state index contributed by atoms with van der Waals surface area (Å²) in [7, 11) is 0. The van der Waals surface area contributed by atoms with E-state index in [1.807, 2.05) is 23.6 Å². The molecule has 3 heterocycles. The van der Waals surface area contributed by atoms with Crippen molar-refractivity contribution in [1.29, 1.82) is 0 Å². The van der Waals surface area contributed by atoms with Crippen molar-refractivity contribution in [3.63, 3.8) is 0 Å². The minimum absolute atomic E-state index is 0.0385. The lowest BCUT2D eigenvalue weighted by Crippen LogP contribution is -2.20. The smallest absolute Gasteiger partial charge is 0.326 e. The van der Waals surface area contributed by atoms with Crippen molar-refractivity contribution in [2.24, 2.45) is 0 Å². The monoisotopic (exact) mass is 309 g/mol. The van der Waals surface area contributed by atoms with Crippen LogP contribution in [0.3, 0.4) is 0 Å². The Morgan fingerprint density at radius 3 is 2.91 bits per heavy atom. The summed E-state index contributed by atoms with van der Waals surface area (Å²) in [6.45, 7) is 2.02. The van der Waals surface area contributed by atoms with E-state index < -0.39 is 0 Å². The highest BCUT2D eigenvalue weighted by Crippen LogP contribution is 2.31. The van der Waals surface area contributed by atoms with E-state index in [9.17, 15) is 4.79 Å². The number of hydrogen-bond donors (Lipinski definition) is 2. The van der Waals surface area contributed by atoms with E-state index in [1.54, 1.807) is 18.6 Å². The van der Waals surface area contributed by atoms with E-state index in [2.05, 4.69) is 20.3 Å². The number of nitrogens with zero attached hydrogens (tertiary/aromatic N) is 3. The molecule has 23 heavy (non-hydrogen) atoms. The molecule has 1 fully saturated rings. The SMILES string of the molecule is Cc1ccncc1Nc1cc2c(cn1)[nH]c(=O)n2C1CCCC1. The summed E-state index contributed by atoms with van der Waals surface area (Å²) < 4.78 is 1.89. The molecule has 1 aliphatic rings. The molecular formula is C17H19N5O. The van der Waals surface area contributed by atoms with E-state index in [0.717, 1.165) is 40.9 Å². The van der Waals surface area contributed by atoms with Crippen LogP contribution in [0.4, 0.5) is 11.5 Å². The number of hydrogen-bond acceptors (Lipinski definition) is 4. The maximum atomic E-state index is 12.3. The van der Waals surface area contributed by atoms with Gasteiger partial charge in [0, 0.05) is 18.3 Å². The van der Waals surface area contributed by atoms with Crippen molar-refractivity contribution in [3.8, 4) is 0 Å². The second-order valence-electron chi connectivity index (χ2n) is 6.14. The minimum atomic E-state index is -0.0385. The van der Waals surface area contributed by atoms with Gasteiger partial charge in [0.1, 0.15) is 5.82 Å². The molecule has 3 aromatic heterocycles. The van der Waals surface area contributed by atoms with Gasteiger partial charge >= 0.3 is 5.69 Å². The summed E-state index contributed by atoms with van der Waals surface area (Å²) in [6, 6.07) is 4.19. The molecule has 0 atom stereocenters. The van der Waals surface area contributed by atoms with E-state index in [-0.39, 0.29) is 5.69 Å². The van der Waals surface area contributed by atoms with Crippen LogP contribution >= 0.6 is 0 Å². The van der Waals surface area contributed by atoms with Crippen molar-refractivity contribution in [2.45, 2.75) is 38.6 Å². The van der Waals surface area contributed by atoms with Crippen LogP contribution in [-0.4, -0.2) is 19.5 Å². The zero-order valence-corrected chi connectivity index (χ0v) is 13.0. The van der Waals surface area contributed by atoms with Gasteiger partial charge in [-0.1, -0.05) is 12.8 Å². The Morgan fingerprint density at radius 2 is 2.13 bits per heavy atom. The molecule has 1 saturated carbocycles. The van der Waals surface area contributed by atoms with Crippen molar-refractivity contribution in [3.05, 3.63) is 46.8 Å². The fourth-order valence-corrected chi connectivity index (χ4v) is 3.35. The highest BCUT2D eigenvalue weighted by molar-refractivity contribution is 5.78. The van der Waals surface area contributed by atoms with Gasteiger partial charge in [0.05, 0.1) is 29.1 Å². The number of anilines is 2. The van der Waals surface area contributed by atoms with Gasteiger partial charge in [-0.05, 0) is 31.4 Å². The van der Waals surface area contributed by atoms with Crippen LogP contribution in [0.25, 0.3) is 11.0 Å². The van der Waals surface area contributed by atoms with Gasteiger partial charge < -0.3 is 10.3 Å². The van der Waals surface area contributed by atoms with Crippen LogP contribution in [0.15, 0.2) is 35.5 Å². The van der Waals surface area contributed by atoms with E-state index in [1.165, 1.54) is 12.8 Å². The first kappa shape index (κ1) is 14.0. The highest BCUT2D eigenvalue weighted by atomic mass is 16.1. The molecule has 0 aliphatic heterocycles. The zero-order chi connectivity index (χ0) is 15.8. The minimum Gasteiger partial charge on any atom is -0.339 e. The van der Waals surface area contributed by atoms with Crippen molar-refractivity contribution >= 4 is 22.5 Å². The van der Waals surface area contributed by atoms with Gasteiger partial charge in [-0.15, -0.1) is 0 Å². The number of nitrogens with one attached hydrogen (secondary N) is 2. The van der Waals surface area contributed by atoms with Crippen molar-refractivity contribution < 1.29 is 0 Å². The lowest BCUT2D eigenvalue weighted by molar-refractivity contribution is 0.518. The summed E-state index contributed by atoms with van der Waals surface area (Å²) in [5.41, 5.74) is 3.69. The Hall–Kier alpha value is -2.63. The predicted molar refractivity (Wildman–Crippen MR) is 90.1 cm³/mol. The van der Waals surface area contributed by atoms with Crippen molar-refractivity contribution in [2.75, 3.05) is 5.32 Å². The van der Waals surface area contributed by atoms with Crippen LogP contribution in [0.1, 0.15) is 37.3 Å². The maximum Gasteiger partial charge on any atom is 0.326 e. The average Bonchev–Trinajstić information content (AvgIpc) is 3.16. The summed E-state index contributed by atoms with van der Waals surface area (Å²) in [5, 5.41) is 3.29. The quantitative estimate of drug-likeness (QED) is 0.778.